The number of hydrogen-bond acceptors (Lipinski definition) is 7. The zero-order chi connectivity index (χ0) is 23.7. The molecule has 2 aliphatic rings. The molecule has 1 aliphatic heterocycles. The van der Waals surface area contributed by atoms with Crippen molar-refractivity contribution in [3.63, 3.8) is 0 Å². The molecule has 32 heavy (non-hydrogen) atoms. The minimum Gasteiger partial charge on any atom is -0.477 e. The Balaban J connectivity index is 2.14. The minimum atomic E-state index is -1.69. The monoisotopic (exact) mass is 450 g/mol. The van der Waals surface area contributed by atoms with E-state index in [2.05, 4.69) is 5.32 Å². The van der Waals surface area contributed by atoms with Gasteiger partial charge in [-0.25, -0.2) is 14.0 Å². The lowest BCUT2D eigenvalue weighted by Crippen LogP contribution is -2.36. The van der Waals surface area contributed by atoms with Crippen LogP contribution in [0.4, 0.5) is 21.5 Å². The second-order valence-corrected chi connectivity index (χ2v) is 7.88. The second-order valence-electron chi connectivity index (χ2n) is 7.88. The number of nitrogens with one attached hydrogen (secondary N) is 1. The van der Waals surface area contributed by atoms with Crippen LogP contribution in [0.25, 0.3) is 0 Å². The summed E-state index contributed by atoms with van der Waals surface area (Å²) in [7, 11) is 0. The molecule has 1 heterocycles. The smallest absolute Gasteiger partial charge is 0.344 e. The van der Waals surface area contributed by atoms with Gasteiger partial charge in [-0.3, -0.25) is 14.9 Å². The summed E-state index contributed by atoms with van der Waals surface area (Å²) in [6.07, 6.45) is 2.56. The summed E-state index contributed by atoms with van der Waals surface area (Å²) in [4.78, 5) is 48.0. The number of rotatable bonds is 8. The number of anilines is 2. The summed E-state index contributed by atoms with van der Waals surface area (Å²) in [6, 6.07) is 0.216. The maximum absolute atomic E-state index is 15.0. The van der Waals surface area contributed by atoms with Crippen LogP contribution in [0.15, 0.2) is 17.8 Å². The summed E-state index contributed by atoms with van der Waals surface area (Å²) >= 11 is 0. The molecule has 1 unspecified atom stereocenters. The molecule has 1 aliphatic carbocycles. The molecule has 1 atom stereocenters. The third-order valence-corrected chi connectivity index (χ3v) is 5.48. The SMILES string of the molecule is CC(=O)NC1CCN(c2c(F)cc([N+](=O)[O-])c(N(C=C(C(=O)O)C(=O)O)C3CC3)c2C)C1. The molecule has 172 valence electrons. The summed E-state index contributed by atoms with van der Waals surface area (Å²) in [5.74, 6) is -4.43. The quantitative estimate of drug-likeness (QED) is 0.177. The lowest BCUT2D eigenvalue weighted by atomic mass is 10.1. The minimum absolute atomic E-state index is 0.0446. The summed E-state index contributed by atoms with van der Waals surface area (Å²) in [6.45, 7) is 3.55. The zero-order valence-electron chi connectivity index (χ0n) is 17.5. The first-order chi connectivity index (χ1) is 15.0. The molecule has 12 heteroatoms. The largest absolute Gasteiger partial charge is 0.477 e. The lowest BCUT2D eigenvalue weighted by Gasteiger charge is -2.28. The highest BCUT2D eigenvalue weighted by Gasteiger charge is 2.38. The van der Waals surface area contributed by atoms with E-state index in [1.807, 2.05) is 0 Å². The van der Waals surface area contributed by atoms with Crippen LogP contribution in [0.5, 0.6) is 0 Å². The average molecular weight is 450 g/mol. The van der Waals surface area contributed by atoms with Gasteiger partial charge in [-0.1, -0.05) is 0 Å². The van der Waals surface area contributed by atoms with E-state index in [1.165, 1.54) is 18.7 Å². The topological polar surface area (TPSA) is 153 Å². The third-order valence-electron chi connectivity index (χ3n) is 5.48. The Kier molecular flexibility index (Phi) is 6.32. The van der Waals surface area contributed by atoms with Crippen LogP contribution < -0.4 is 15.1 Å². The number of nitro groups is 1. The van der Waals surface area contributed by atoms with Crippen LogP contribution in [0.1, 0.15) is 31.7 Å². The van der Waals surface area contributed by atoms with Crippen molar-refractivity contribution in [2.24, 2.45) is 0 Å². The molecule has 0 aromatic heterocycles. The van der Waals surface area contributed by atoms with Crippen molar-refractivity contribution in [2.45, 2.75) is 45.2 Å². The van der Waals surface area contributed by atoms with Gasteiger partial charge in [-0.15, -0.1) is 0 Å². The van der Waals surface area contributed by atoms with Gasteiger partial charge in [-0.2, -0.15) is 0 Å². The van der Waals surface area contributed by atoms with Crippen molar-refractivity contribution < 1.29 is 33.9 Å². The van der Waals surface area contributed by atoms with Gasteiger partial charge in [0.2, 0.25) is 5.91 Å². The fraction of sp³-hybridized carbons (Fsp3) is 0.450. The molecule has 1 aromatic rings. The van der Waals surface area contributed by atoms with Gasteiger partial charge in [-0.05, 0) is 26.2 Å². The van der Waals surface area contributed by atoms with Gasteiger partial charge in [0.1, 0.15) is 5.69 Å². The van der Waals surface area contributed by atoms with E-state index in [-0.39, 0.29) is 34.9 Å². The molecular formula is C20H23FN4O7. The first-order valence-electron chi connectivity index (χ1n) is 9.97. The number of carbonyl (C=O) groups is 3. The number of nitrogens with zero attached hydrogens (tertiary/aromatic N) is 3. The predicted octanol–water partition coefficient (Wildman–Crippen LogP) is 1.78. The van der Waals surface area contributed by atoms with Crippen LogP contribution in [-0.4, -0.2) is 58.2 Å². The molecule has 0 spiro atoms. The second kappa shape index (κ2) is 8.81. The third kappa shape index (κ3) is 4.63. The molecule has 1 amide bonds. The van der Waals surface area contributed by atoms with Crippen molar-refractivity contribution in [1.29, 1.82) is 0 Å². The molecule has 3 rings (SSSR count). The van der Waals surface area contributed by atoms with Gasteiger partial charge in [0.25, 0.3) is 5.69 Å². The molecule has 11 nitrogen and oxygen atoms in total. The molecule has 1 saturated carbocycles. The number of amides is 1. The number of carbonyl (C=O) groups excluding carboxylic acids is 1. The normalized spacial score (nSPS) is 17.6. The molecule has 1 aromatic carbocycles. The Labute approximate surface area is 182 Å². The Hall–Kier alpha value is -3.70. The molecular weight excluding hydrogens is 427 g/mol. The lowest BCUT2D eigenvalue weighted by molar-refractivity contribution is -0.384. The van der Waals surface area contributed by atoms with Crippen LogP contribution in [0.2, 0.25) is 0 Å². The van der Waals surface area contributed by atoms with Gasteiger partial charge < -0.3 is 25.3 Å². The van der Waals surface area contributed by atoms with Crippen molar-refractivity contribution in [1.82, 2.24) is 5.32 Å². The number of hydrogen-bond donors (Lipinski definition) is 3. The first-order valence-corrected chi connectivity index (χ1v) is 9.97. The van der Waals surface area contributed by atoms with Crippen LogP contribution in [0.3, 0.4) is 0 Å². The van der Waals surface area contributed by atoms with Crippen LogP contribution in [0, 0.1) is 22.9 Å². The van der Waals surface area contributed by atoms with Crippen molar-refractivity contribution in [3.8, 4) is 0 Å². The van der Waals surface area contributed by atoms with Crippen LogP contribution >= 0.6 is 0 Å². The Morgan fingerprint density at radius 3 is 2.41 bits per heavy atom. The van der Waals surface area contributed by atoms with E-state index >= 15 is 4.39 Å². The zero-order valence-corrected chi connectivity index (χ0v) is 17.5. The highest BCUT2D eigenvalue weighted by molar-refractivity contribution is 6.12. The maximum atomic E-state index is 15.0. The van der Waals surface area contributed by atoms with Crippen molar-refractivity contribution >= 4 is 34.9 Å². The maximum Gasteiger partial charge on any atom is 0.344 e. The van der Waals surface area contributed by atoms with Gasteiger partial charge in [0, 0.05) is 43.9 Å². The Bertz CT molecular complexity index is 1010. The van der Waals surface area contributed by atoms with Gasteiger partial charge >= 0.3 is 11.9 Å². The first kappa shape index (κ1) is 23.0. The standard InChI is InChI=1S/C20H23FN4O7/c1-10-17(23-6-5-12(8-23)22-11(2)26)15(21)7-16(25(31)32)18(10)24(13-3-4-13)9-14(19(27)28)20(29)30/h7,9,12-13H,3-6,8H2,1-2H3,(H,22,26)(H,27,28)(H,29,30). The number of carboxylic acid groups (broad SMARTS) is 2. The van der Waals surface area contributed by atoms with Crippen molar-refractivity contribution in [2.75, 3.05) is 22.9 Å². The predicted molar refractivity (Wildman–Crippen MR) is 111 cm³/mol. The van der Waals surface area contributed by atoms with E-state index in [1.54, 1.807) is 4.90 Å². The molecule has 3 N–H and O–H groups in total. The summed E-state index contributed by atoms with van der Waals surface area (Å²) in [5, 5.41) is 33.0. The molecule has 0 radical (unpaired) electrons. The number of benzene rings is 1. The fourth-order valence-corrected chi connectivity index (χ4v) is 4.01. The van der Waals surface area contributed by atoms with Gasteiger partial charge in [0.15, 0.2) is 11.4 Å². The number of carboxylic acids is 2. The number of nitro benzene ring substituents is 1. The van der Waals surface area contributed by atoms with Crippen molar-refractivity contribution in [3.05, 3.63) is 39.3 Å². The Morgan fingerprint density at radius 1 is 1.28 bits per heavy atom. The van der Waals surface area contributed by atoms with E-state index in [0.717, 1.165) is 12.3 Å². The van der Waals surface area contributed by atoms with E-state index in [9.17, 15) is 34.7 Å². The molecule has 2 fully saturated rings. The molecule has 1 saturated heterocycles. The highest BCUT2D eigenvalue weighted by atomic mass is 19.1. The number of aliphatic carboxylic acids is 2. The Morgan fingerprint density at radius 2 is 1.91 bits per heavy atom. The molecule has 0 bridgehead atoms. The summed E-state index contributed by atoms with van der Waals surface area (Å²) in [5.41, 5.74) is -1.29. The van der Waals surface area contributed by atoms with E-state index in [0.29, 0.717) is 32.4 Å². The van der Waals surface area contributed by atoms with Crippen LogP contribution in [-0.2, 0) is 14.4 Å². The average Bonchev–Trinajstić information content (AvgIpc) is 3.42. The highest BCUT2D eigenvalue weighted by Crippen LogP contribution is 2.45. The van der Waals surface area contributed by atoms with E-state index in [4.69, 9.17) is 0 Å². The fourth-order valence-electron chi connectivity index (χ4n) is 4.01. The van der Waals surface area contributed by atoms with E-state index < -0.39 is 33.9 Å². The number of halogens is 1. The van der Waals surface area contributed by atoms with Gasteiger partial charge in [0.05, 0.1) is 16.7 Å². The summed E-state index contributed by atoms with van der Waals surface area (Å²) < 4.78 is 15.0.